The summed E-state index contributed by atoms with van der Waals surface area (Å²) in [4.78, 5) is 0. The van der Waals surface area contributed by atoms with Gasteiger partial charge in [-0.1, -0.05) is 18.6 Å². The van der Waals surface area contributed by atoms with E-state index in [4.69, 9.17) is 10.5 Å². The van der Waals surface area contributed by atoms with Crippen molar-refractivity contribution < 1.29 is 17.5 Å². The van der Waals surface area contributed by atoms with Gasteiger partial charge < -0.3 is 10.5 Å². The molecule has 10 heteroatoms. The Morgan fingerprint density at radius 1 is 1.11 bits per heavy atom. The van der Waals surface area contributed by atoms with Gasteiger partial charge in [-0.05, 0) is 80.3 Å². The van der Waals surface area contributed by atoms with E-state index in [1.54, 1.807) is 23.7 Å². The second kappa shape index (κ2) is 10.4. The Morgan fingerprint density at radius 3 is 2.53 bits per heavy atom. The van der Waals surface area contributed by atoms with Gasteiger partial charge in [0.25, 0.3) is 0 Å². The normalized spacial score (nSPS) is 20.0. The van der Waals surface area contributed by atoms with E-state index in [1.165, 1.54) is 6.07 Å². The van der Waals surface area contributed by atoms with E-state index in [9.17, 15) is 8.42 Å². The first-order valence-corrected chi connectivity index (χ1v) is 14.0. The van der Waals surface area contributed by atoms with Crippen molar-refractivity contribution in [2.75, 3.05) is 11.0 Å². The number of nitrogens with two attached hydrogens (primary N) is 1. The zero-order chi connectivity index (χ0) is 24.7. The van der Waals surface area contributed by atoms with Crippen molar-refractivity contribution in [2.45, 2.75) is 63.5 Å². The van der Waals surface area contributed by atoms with Crippen LogP contribution in [0.15, 0.2) is 42.5 Å². The summed E-state index contributed by atoms with van der Waals surface area (Å²) in [7, 11) is -3.50. The smallest absolute Gasteiger partial charge is 0.230 e. The highest BCUT2D eigenvalue weighted by atomic mass is 35.5. The van der Waals surface area contributed by atoms with Crippen LogP contribution in [-0.2, 0) is 10.0 Å². The lowest BCUT2D eigenvalue weighted by Gasteiger charge is -2.29. The number of halogens is 2. The van der Waals surface area contributed by atoms with E-state index in [1.807, 2.05) is 24.3 Å². The van der Waals surface area contributed by atoms with Crippen molar-refractivity contribution in [3.63, 3.8) is 0 Å². The minimum Gasteiger partial charge on any atom is -0.490 e. The van der Waals surface area contributed by atoms with Crippen molar-refractivity contribution in [2.24, 2.45) is 5.73 Å². The fourth-order valence-corrected chi connectivity index (χ4v) is 5.59. The van der Waals surface area contributed by atoms with Gasteiger partial charge in [0, 0.05) is 17.7 Å². The van der Waals surface area contributed by atoms with E-state index in [0.29, 0.717) is 22.9 Å². The Kier molecular flexibility index (Phi) is 7.64. The summed E-state index contributed by atoms with van der Waals surface area (Å²) in [6, 6.07) is 12.6. The lowest BCUT2D eigenvalue weighted by Crippen LogP contribution is -2.19. The summed E-state index contributed by atoms with van der Waals surface area (Å²) < 4.78 is 49.5. The molecular weight excluding hydrogens is 503 g/mol. The molecule has 1 aromatic heterocycles. The van der Waals surface area contributed by atoms with Crippen molar-refractivity contribution in [1.82, 2.24) is 9.78 Å². The van der Waals surface area contributed by atoms with E-state index >= 15 is 4.39 Å². The van der Waals surface area contributed by atoms with Crippen molar-refractivity contribution in [1.29, 1.82) is 0 Å². The lowest BCUT2D eigenvalue weighted by atomic mass is 9.77. The van der Waals surface area contributed by atoms with Crippen LogP contribution >= 0.6 is 12.4 Å². The first-order valence-electron chi connectivity index (χ1n) is 12.1. The van der Waals surface area contributed by atoms with Crippen LogP contribution in [0.3, 0.4) is 0 Å². The SMILES string of the molecule is Cc1cc(NS(C)(=O)=O)n(-c2ccc(O[C@@H]3CC[C@@H](N)C3)c(-c3cccc(F)c3C3CCC3)c2)n1.Cl. The largest absolute Gasteiger partial charge is 0.490 e. The molecule has 0 amide bonds. The topological polar surface area (TPSA) is 99.2 Å². The third kappa shape index (κ3) is 5.53. The van der Waals surface area contributed by atoms with Crippen LogP contribution in [0.4, 0.5) is 10.2 Å². The monoisotopic (exact) mass is 534 g/mol. The highest BCUT2D eigenvalue weighted by Crippen LogP contribution is 2.45. The van der Waals surface area contributed by atoms with Gasteiger partial charge in [0.1, 0.15) is 23.5 Å². The number of nitrogens with one attached hydrogen (secondary N) is 1. The number of hydrogen-bond donors (Lipinski definition) is 2. The van der Waals surface area contributed by atoms with Crippen LogP contribution in [0.1, 0.15) is 55.7 Å². The molecule has 0 aliphatic heterocycles. The standard InChI is InChI=1S/C26H31FN4O3S.ClH/c1-16-13-25(30-35(2,32)33)31(29-16)19-10-12-24(34-20-11-9-18(28)14-20)22(15-19)21-7-4-8-23(27)26(21)17-5-3-6-17;/h4,7-8,10,12-13,15,17-18,20,30H,3,5-6,9,11,14,28H2,1-2H3;1H/t18-,20-;/m1./s1. The maximum Gasteiger partial charge on any atom is 0.230 e. The maximum atomic E-state index is 15.1. The molecule has 2 aromatic carbocycles. The Labute approximate surface area is 217 Å². The fraction of sp³-hybridized carbons (Fsp3) is 0.423. The summed E-state index contributed by atoms with van der Waals surface area (Å²) in [5.41, 5.74) is 9.71. The Hall–Kier alpha value is -2.62. The molecule has 0 unspecified atom stereocenters. The summed E-state index contributed by atoms with van der Waals surface area (Å²) >= 11 is 0. The molecule has 194 valence electrons. The molecule has 0 saturated heterocycles. The quantitative estimate of drug-likeness (QED) is 0.428. The summed E-state index contributed by atoms with van der Waals surface area (Å²) in [5.74, 6) is 0.975. The van der Waals surface area contributed by atoms with Crippen LogP contribution in [0.5, 0.6) is 5.75 Å². The van der Waals surface area contributed by atoms with E-state index in [0.717, 1.165) is 61.5 Å². The first kappa shape index (κ1) is 26.4. The van der Waals surface area contributed by atoms with Crippen LogP contribution in [0, 0.1) is 12.7 Å². The molecule has 5 rings (SSSR count). The number of hydrogen-bond acceptors (Lipinski definition) is 5. The lowest BCUT2D eigenvalue weighted by molar-refractivity contribution is 0.209. The number of aryl methyl sites for hydroxylation is 1. The third-order valence-electron chi connectivity index (χ3n) is 6.90. The molecule has 2 aliphatic rings. The molecule has 2 saturated carbocycles. The minimum atomic E-state index is -3.50. The van der Waals surface area contributed by atoms with Crippen molar-refractivity contribution >= 4 is 28.2 Å². The molecular formula is C26H32ClFN4O3S. The van der Waals surface area contributed by atoms with Crippen LogP contribution in [0.2, 0.25) is 0 Å². The van der Waals surface area contributed by atoms with Gasteiger partial charge in [0.15, 0.2) is 0 Å². The summed E-state index contributed by atoms with van der Waals surface area (Å²) in [6.45, 7) is 1.80. The number of sulfonamides is 1. The zero-order valence-electron chi connectivity index (χ0n) is 20.4. The molecule has 2 fully saturated rings. The van der Waals surface area contributed by atoms with Gasteiger partial charge in [-0.2, -0.15) is 5.10 Å². The average molecular weight is 535 g/mol. The second-order valence-corrected chi connectivity index (χ2v) is 11.5. The highest BCUT2D eigenvalue weighted by molar-refractivity contribution is 7.92. The summed E-state index contributed by atoms with van der Waals surface area (Å²) in [5, 5.41) is 4.50. The number of rotatable bonds is 7. The van der Waals surface area contributed by atoms with Gasteiger partial charge in [0.05, 0.1) is 17.6 Å². The number of anilines is 1. The van der Waals surface area contributed by atoms with Gasteiger partial charge in [-0.3, -0.25) is 4.72 Å². The first-order chi connectivity index (χ1) is 16.7. The molecule has 0 bridgehead atoms. The molecule has 3 aromatic rings. The third-order valence-corrected chi connectivity index (χ3v) is 7.48. The van der Waals surface area contributed by atoms with E-state index in [2.05, 4.69) is 9.82 Å². The second-order valence-electron chi connectivity index (χ2n) is 9.78. The molecule has 3 N–H and O–H groups in total. The average Bonchev–Trinajstić information content (AvgIpc) is 3.32. The van der Waals surface area contributed by atoms with Gasteiger partial charge in [-0.15, -0.1) is 12.4 Å². The van der Waals surface area contributed by atoms with Gasteiger partial charge in [0.2, 0.25) is 10.0 Å². The van der Waals surface area contributed by atoms with Crippen LogP contribution in [-0.4, -0.2) is 36.6 Å². The molecule has 7 nitrogen and oxygen atoms in total. The number of aromatic nitrogens is 2. The molecule has 2 atom stereocenters. The molecule has 0 radical (unpaired) electrons. The minimum absolute atomic E-state index is 0. The zero-order valence-corrected chi connectivity index (χ0v) is 22.0. The van der Waals surface area contributed by atoms with E-state index in [-0.39, 0.29) is 36.3 Å². The number of nitrogens with zero attached hydrogens (tertiary/aromatic N) is 2. The Bertz CT molecular complexity index is 1360. The maximum absolute atomic E-state index is 15.1. The Balaban J connectivity index is 0.00000304. The highest BCUT2D eigenvalue weighted by Gasteiger charge is 2.29. The number of ether oxygens (including phenoxy) is 1. The molecule has 1 heterocycles. The predicted molar refractivity (Wildman–Crippen MR) is 142 cm³/mol. The van der Waals surface area contributed by atoms with Gasteiger partial charge >= 0.3 is 0 Å². The van der Waals surface area contributed by atoms with Crippen molar-refractivity contribution in [3.8, 4) is 22.6 Å². The Morgan fingerprint density at radius 2 is 1.89 bits per heavy atom. The molecule has 2 aliphatic carbocycles. The van der Waals surface area contributed by atoms with Gasteiger partial charge in [-0.25, -0.2) is 17.5 Å². The van der Waals surface area contributed by atoms with Crippen molar-refractivity contribution in [3.05, 3.63) is 59.5 Å². The molecule has 0 spiro atoms. The summed E-state index contributed by atoms with van der Waals surface area (Å²) in [6.07, 6.45) is 6.69. The van der Waals surface area contributed by atoms with Crippen LogP contribution in [0.25, 0.3) is 16.8 Å². The predicted octanol–water partition coefficient (Wildman–Crippen LogP) is 5.31. The van der Waals surface area contributed by atoms with E-state index < -0.39 is 10.0 Å². The molecule has 36 heavy (non-hydrogen) atoms. The van der Waals surface area contributed by atoms with Crippen LogP contribution < -0.4 is 15.2 Å². The fourth-order valence-electron chi connectivity index (χ4n) is 5.07. The number of benzene rings is 2.